The third kappa shape index (κ3) is 5.98. The van der Waals surface area contributed by atoms with Crippen LogP contribution < -0.4 is 14.8 Å². The number of benzene rings is 1. The molecule has 1 aromatic carbocycles. The van der Waals surface area contributed by atoms with Crippen molar-refractivity contribution in [3.8, 4) is 11.5 Å². The molecule has 1 N–H and O–H groups in total. The summed E-state index contributed by atoms with van der Waals surface area (Å²) in [5.41, 5.74) is 0. The zero-order valence-electron chi connectivity index (χ0n) is 14.6. The fraction of sp³-hybridized carbons (Fsp3) is 0.500. The van der Waals surface area contributed by atoms with Gasteiger partial charge in [-0.05, 0) is 42.5 Å². The molecular weight excluding hydrogens is 381 g/mol. The first-order chi connectivity index (χ1) is 12.9. The maximum atomic E-state index is 12.1. The standard InChI is InChI=1S/C18H21F3N2O3S/c19-18(20,21)26-15-7-5-14(6-8-15)25-12-16(24)22-11-17-23(9-10-27-17)13-3-1-2-4-13/h5-10,13,17H,1-4,11-12H2,(H,22,24). The van der Waals surface area contributed by atoms with Gasteiger partial charge < -0.3 is 19.7 Å². The molecule has 1 saturated carbocycles. The molecular formula is C18H21F3N2O3S. The highest BCUT2D eigenvalue weighted by molar-refractivity contribution is 8.02. The van der Waals surface area contributed by atoms with E-state index in [1.54, 1.807) is 11.8 Å². The lowest BCUT2D eigenvalue weighted by molar-refractivity contribution is -0.274. The van der Waals surface area contributed by atoms with Crippen molar-refractivity contribution in [1.82, 2.24) is 10.2 Å². The van der Waals surface area contributed by atoms with Crippen LogP contribution in [0, 0.1) is 0 Å². The van der Waals surface area contributed by atoms with Crippen molar-refractivity contribution in [3.63, 3.8) is 0 Å². The molecule has 2 aliphatic rings. The van der Waals surface area contributed by atoms with Crippen LogP contribution in [-0.2, 0) is 4.79 Å². The zero-order valence-corrected chi connectivity index (χ0v) is 15.4. The Hall–Kier alpha value is -2.03. The summed E-state index contributed by atoms with van der Waals surface area (Å²) in [7, 11) is 0. The van der Waals surface area contributed by atoms with Crippen molar-refractivity contribution < 1.29 is 27.4 Å². The Morgan fingerprint density at radius 1 is 1.19 bits per heavy atom. The SMILES string of the molecule is O=C(COc1ccc(OC(F)(F)F)cc1)NCC1SC=CN1C1CCCC1. The predicted octanol–water partition coefficient (Wildman–Crippen LogP) is 3.87. The molecule has 1 amide bonds. The van der Waals surface area contributed by atoms with Gasteiger partial charge in [-0.15, -0.1) is 24.9 Å². The molecule has 0 aromatic heterocycles. The van der Waals surface area contributed by atoms with E-state index in [9.17, 15) is 18.0 Å². The van der Waals surface area contributed by atoms with E-state index in [0.717, 1.165) is 12.1 Å². The number of rotatable bonds is 7. The molecule has 1 unspecified atom stereocenters. The molecule has 0 saturated heterocycles. The molecule has 0 radical (unpaired) electrons. The highest BCUT2D eigenvalue weighted by atomic mass is 32.2. The van der Waals surface area contributed by atoms with Gasteiger partial charge in [-0.3, -0.25) is 4.79 Å². The second kappa shape index (κ2) is 8.77. The van der Waals surface area contributed by atoms with Gasteiger partial charge in [-0.25, -0.2) is 0 Å². The van der Waals surface area contributed by atoms with Gasteiger partial charge in [-0.2, -0.15) is 0 Å². The molecule has 9 heteroatoms. The Kier molecular flexibility index (Phi) is 6.41. The summed E-state index contributed by atoms with van der Waals surface area (Å²) in [4.78, 5) is 14.3. The van der Waals surface area contributed by atoms with Gasteiger partial charge in [0, 0.05) is 18.8 Å². The van der Waals surface area contributed by atoms with Crippen molar-refractivity contribution in [1.29, 1.82) is 0 Å². The number of carbonyl (C=O) groups excluding carboxylic acids is 1. The lowest BCUT2D eigenvalue weighted by atomic mass is 10.2. The van der Waals surface area contributed by atoms with Gasteiger partial charge in [0.2, 0.25) is 0 Å². The van der Waals surface area contributed by atoms with Gasteiger partial charge >= 0.3 is 6.36 Å². The van der Waals surface area contributed by atoms with Crippen molar-refractivity contribution in [2.24, 2.45) is 0 Å². The Morgan fingerprint density at radius 3 is 2.52 bits per heavy atom. The summed E-state index contributed by atoms with van der Waals surface area (Å²) in [6, 6.07) is 5.48. The molecule has 3 rings (SSSR count). The van der Waals surface area contributed by atoms with Gasteiger partial charge in [0.05, 0.1) is 5.37 Å². The number of ether oxygens (including phenoxy) is 2. The average molecular weight is 402 g/mol. The Bertz CT molecular complexity index is 661. The lowest BCUT2D eigenvalue weighted by Crippen LogP contribution is -2.42. The summed E-state index contributed by atoms with van der Waals surface area (Å²) >= 11 is 1.68. The van der Waals surface area contributed by atoms with Crippen LogP contribution in [0.1, 0.15) is 25.7 Å². The fourth-order valence-electron chi connectivity index (χ4n) is 3.21. The molecule has 1 heterocycles. The number of hydrogen-bond donors (Lipinski definition) is 1. The number of thioether (sulfide) groups is 1. The van der Waals surface area contributed by atoms with Crippen LogP contribution in [0.2, 0.25) is 0 Å². The molecule has 27 heavy (non-hydrogen) atoms. The van der Waals surface area contributed by atoms with E-state index in [4.69, 9.17) is 4.74 Å². The molecule has 0 bridgehead atoms. The average Bonchev–Trinajstić information content (AvgIpc) is 3.29. The van der Waals surface area contributed by atoms with E-state index in [2.05, 4.69) is 26.6 Å². The quantitative estimate of drug-likeness (QED) is 0.750. The molecule has 1 atom stereocenters. The summed E-state index contributed by atoms with van der Waals surface area (Å²) < 4.78 is 45.4. The van der Waals surface area contributed by atoms with E-state index in [-0.39, 0.29) is 23.6 Å². The topological polar surface area (TPSA) is 50.8 Å². The van der Waals surface area contributed by atoms with Gasteiger partial charge in [-0.1, -0.05) is 12.8 Å². The smallest absolute Gasteiger partial charge is 0.484 e. The van der Waals surface area contributed by atoms with E-state index < -0.39 is 6.36 Å². The zero-order chi connectivity index (χ0) is 19.3. The highest BCUT2D eigenvalue weighted by Gasteiger charge is 2.31. The van der Waals surface area contributed by atoms with Crippen LogP contribution in [0.25, 0.3) is 0 Å². The highest BCUT2D eigenvalue weighted by Crippen LogP contribution is 2.33. The first kappa shape index (κ1) is 19.7. The second-order valence-electron chi connectivity index (χ2n) is 6.37. The van der Waals surface area contributed by atoms with Crippen molar-refractivity contribution in [2.45, 2.75) is 43.5 Å². The summed E-state index contributed by atoms with van der Waals surface area (Å²) in [6.07, 6.45) is 2.23. The van der Waals surface area contributed by atoms with Gasteiger partial charge in [0.25, 0.3) is 5.91 Å². The Labute approximate surface area is 159 Å². The van der Waals surface area contributed by atoms with E-state index in [0.29, 0.717) is 18.3 Å². The van der Waals surface area contributed by atoms with Crippen molar-refractivity contribution >= 4 is 17.7 Å². The lowest BCUT2D eigenvalue weighted by Gasteiger charge is -2.30. The van der Waals surface area contributed by atoms with E-state index in [1.165, 1.54) is 37.8 Å². The third-order valence-corrected chi connectivity index (χ3v) is 5.45. The van der Waals surface area contributed by atoms with Crippen LogP contribution in [0.3, 0.4) is 0 Å². The Balaban J connectivity index is 1.39. The summed E-state index contributed by atoms with van der Waals surface area (Å²) in [5, 5.41) is 5.09. The van der Waals surface area contributed by atoms with Crippen molar-refractivity contribution in [3.05, 3.63) is 35.9 Å². The fourth-order valence-corrected chi connectivity index (χ4v) is 4.17. The van der Waals surface area contributed by atoms with Crippen LogP contribution >= 0.6 is 11.8 Å². The first-order valence-electron chi connectivity index (χ1n) is 8.75. The van der Waals surface area contributed by atoms with E-state index in [1.807, 2.05) is 0 Å². The molecule has 1 aliphatic heterocycles. The van der Waals surface area contributed by atoms with Crippen LogP contribution in [0.5, 0.6) is 11.5 Å². The second-order valence-corrected chi connectivity index (χ2v) is 7.46. The largest absolute Gasteiger partial charge is 0.573 e. The normalized spacial score (nSPS) is 20.1. The molecule has 1 aliphatic carbocycles. The summed E-state index contributed by atoms with van der Waals surface area (Å²) in [6.45, 7) is 0.308. The summed E-state index contributed by atoms with van der Waals surface area (Å²) in [5.74, 6) is -0.314. The third-order valence-electron chi connectivity index (χ3n) is 4.45. The molecule has 1 fully saturated rings. The number of amides is 1. The van der Waals surface area contributed by atoms with Crippen LogP contribution in [-0.4, -0.2) is 41.7 Å². The number of halogens is 3. The number of nitrogens with one attached hydrogen (secondary N) is 1. The van der Waals surface area contributed by atoms with E-state index >= 15 is 0 Å². The minimum absolute atomic E-state index is 0.191. The maximum absolute atomic E-state index is 12.1. The first-order valence-corrected chi connectivity index (χ1v) is 9.70. The molecule has 148 valence electrons. The molecule has 5 nitrogen and oxygen atoms in total. The minimum atomic E-state index is -4.73. The molecule has 1 aromatic rings. The number of alkyl halides is 3. The molecule has 0 spiro atoms. The number of nitrogens with zero attached hydrogens (tertiary/aromatic N) is 1. The number of carbonyl (C=O) groups is 1. The Morgan fingerprint density at radius 2 is 1.85 bits per heavy atom. The van der Waals surface area contributed by atoms with Crippen LogP contribution in [0.15, 0.2) is 35.9 Å². The van der Waals surface area contributed by atoms with Crippen molar-refractivity contribution in [2.75, 3.05) is 13.2 Å². The van der Waals surface area contributed by atoms with Gasteiger partial charge in [0.1, 0.15) is 11.5 Å². The number of hydrogen-bond acceptors (Lipinski definition) is 5. The maximum Gasteiger partial charge on any atom is 0.573 e. The minimum Gasteiger partial charge on any atom is -0.484 e. The monoisotopic (exact) mass is 402 g/mol. The predicted molar refractivity (Wildman–Crippen MR) is 96.2 cm³/mol. The van der Waals surface area contributed by atoms with Crippen LogP contribution in [0.4, 0.5) is 13.2 Å². The van der Waals surface area contributed by atoms with Gasteiger partial charge in [0.15, 0.2) is 6.61 Å².